The van der Waals surface area contributed by atoms with Crippen molar-refractivity contribution in [2.75, 3.05) is 0 Å². The second-order valence-corrected chi connectivity index (χ2v) is 13.7. The fraction of sp³-hybridized carbons (Fsp3) is 0.889. The Morgan fingerprint density at radius 3 is 2.50 bits per heavy atom. The zero-order valence-electron chi connectivity index (χ0n) is 15.8. The summed E-state index contributed by atoms with van der Waals surface area (Å²) in [5.41, 5.74) is 0. The van der Waals surface area contributed by atoms with Gasteiger partial charge in [-0.25, -0.2) is 0 Å². The van der Waals surface area contributed by atoms with E-state index >= 15 is 0 Å². The highest BCUT2D eigenvalue weighted by molar-refractivity contribution is 6.74. The van der Waals surface area contributed by atoms with E-state index in [9.17, 15) is 15.2 Å². The maximum absolute atomic E-state index is 12.2. The van der Waals surface area contributed by atoms with Crippen LogP contribution < -0.4 is 5.32 Å². The van der Waals surface area contributed by atoms with Crippen LogP contribution in [0.4, 0.5) is 0 Å². The summed E-state index contributed by atoms with van der Waals surface area (Å²) in [6.07, 6.45) is 1.70. The first-order chi connectivity index (χ1) is 11.0. The number of nitrogens with one attached hydrogen (secondary N) is 1. The number of amides is 1. The predicted octanol–water partition coefficient (Wildman–Crippen LogP) is 2.81. The number of aliphatic hydroxyl groups excluding tert-OH is 1. The lowest BCUT2D eigenvalue weighted by Gasteiger charge is -2.50. The number of hydrogen-bond acceptors (Lipinski definition) is 4. The number of rotatable bonds is 4. The Bertz CT molecular complexity index is 523. The molecule has 2 N–H and O–H groups in total. The van der Waals surface area contributed by atoms with Crippen LogP contribution in [-0.2, 0) is 9.22 Å². The van der Waals surface area contributed by atoms with Gasteiger partial charge >= 0.3 is 0 Å². The minimum Gasteiger partial charge on any atom is -0.413 e. The molecule has 5 nitrogen and oxygen atoms in total. The van der Waals surface area contributed by atoms with E-state index in [2.05, 4.69) is 45.3 Å². The van der Waals surface area contributed by atoms with Crippen LogP contribution in [0.15, 0.2) is 0 Å². The van der Waals surface area contributed by atoms with Crippen molar-refractivity contribution in [2.24, 2.45) is 17.8 Å². The van der Waals surface area contributed by atoms with Crippen LogP contribution in [0.25, 0.3) is 0 Å². The van der Waals surface area contributed by atoms with E-state index in [0.717, 1.165) is 19.3 Å². The topological polar surface area (TPSA) is 82.3 Å². The fourth-order valence-corrected chi connectivity index (χ4v) is 5.19. The third kappa shape index (κ3) is 3.53. The van der Waals surface area contributed by atoms with E-state index in [-0.39, 0.29) is 40.8 Å². The first kappa shape index (κ1) is 19.4. The van der Waals surface area contributed by atoms with Gasteiger partial charge in [0.05, 0.1) is 30.1 Å². The predicted molar refractivity (Wildman–Crippen MR) is 95.6 cm³/mol. The average molecular weight is 353 g/mol. The third-order valence-electron chi connectivity index (χ3n) is 6.32. The molecule has 2 aliphatic rings. The van der Waals surface area contributed by atoms with Crippen LogP contribution in [0.1, 0.15) is 47.0 Å². The zero-order valence-corrected chi connectivity index (χ0v) is 16.8. The molecule has 1 saturated heterocycles. The molecular weight excluding hydrogens is 320 g/mol. The first-order valence-corrected chi connectivity index (χ1v) is 12.0. The van der Waals surface area contributed by atoms with E-state index in [1.54, 1.807) is 0 Å². The molecule has 1 aliphatic heterocycles. The zero-order chi connectivity index (χ0) is 18.3. The van der Waals surface area contributed by atoms with Crippen LogP contribution in [-0.4, -0.2) is 37.6 Å². The molecular formula is C18H32N2O3Si. The Hall–Kier alpha value is -0.903. The highest BCUT2D eigenvalue weighted by Gasteiger charge is 2.52. The standard InChI is InChI=1S/C18H32N2O3Si/c1-11(23-24(5,6)18(2,3)4)14-15(20-17(14)22)13-9-7-8-12(10-19)16(13)21/h11-16,21H,7-9H2,1-6H3,(H,20,22)/t11-,12-,13-,14-,15-,16-/m1/s1. The number of nitriles is 1. The van der Waals surface area contributed by atoms with Crippen LogP contribution in [0.5, 0.6) is 0 Å². The summed E-state index contributed by atoms with van der Waals surface area (Å²) in [4.78, 5) is 12.2. The van der Waals surface area contributed by atoms with E-state index in [1.165, 1.54) is 0 Å². The molecule has 0 aromatic carbocycles. The molecule has 0 radical (unpaired) electrons. The van der Waals surface area contributed by atoms with Gasteiger partial charge in [-0.05, 0) is 37.9 Å². The van der Waals surface area contributed by atoms with Crippen molar-refractivity contribution >= 4 is 14.2 Å². The Morgan fingerprint density at radius 2 is 2.00 bits per heavy atom. The lowest BCUT2D eigenvalue weighted by atomic mass is 9.68. The van der Waals surface area contributed by atoms with Crippen molar-refractivity contribution in [3.8, 4) is 6.07 Å². The Labute approximate surface area is 146 Å². The normalized spacial score (nSPS) is 35.6. The number of β-lactam (4-membered cyclic amide) rings is 1. The first-order valence-electron chi connectivity index (χ1n) is 9.05. The van der Waals surface area contributed by atoms with Crippen molar-refractivity contribution in [1.82, 2.24) is 5.32 Å². The molecule has 2 rings (SSSR count). The Balaban J connectivity index is 2.09. The van der Waals surface area contributed by atoms with Gasteiger partial charge in [0.1, 0.15) is 0 Å². The Morgan fingerprint density at radius 1 is 1.38 bits per heavy atom. The van der Waals surface area contributed by atoms with Crippen LogP contribution in [0.2, 0.25) is 18.1 Å². The summed E-state index contributed by atoms with van der Waals surface area (Å²) in [6.45, 7) is 12.9. The summed E-state index contributed by atoms with van der Waals surface area (Å²) in [5, 5.41) is 22.8. The smallest absolute Gasteiger partial charge is 0.228 e. The fourth-order valence-electron chi connectivity index (χ4n) is 3.76. The minimum atomic E-state index is -1.95. The molecule has 0 aromatic rings. The van der Waals surface area contributed by atoms with Gasteiger partial charge in [0.2, 0.25) is 5.91 Å². The molecule has 0 aromatic heterocycles. The van der Waals surface area contributed by atoms with Crippen LogP contribution in [0.3, 0.4) is 0 Å². The molecule has 6 atom stereocenters. The monoisotopic (exact) mass is 352 g/mol. The van der Waals surface area contributed by atoms with Gasteiger partial charge in [-0.3, -0.25) is 4.79 Å². The molecule has 1 amide bonds. The van der Waals surface area contributed by atoms with Crippen molar-refractivity contribution in [3.05, 3.63) is 0 Å². The van der Waals surface area contributed by atoms with Gasteiger partial charge in [0, 0.05) is 12.0 Å². The molecule has 1 saturated carbocycles. The maximum atomic E-state index is 12.2. The summed E-state index contributed by atoms with van der Waals surface area (Å²) < 4.78 is 6.42. The molecule has 136 valence electrons. The van der Waals surface area contributed by atoms with Crippen molar-refractivity contribution in [1.29, 1.82) is 5.26 Å². The van der Waals surface area contributed by atoms with Crippen LogP contribution in [0, 0.1) is 29.1 Å². The molecule has 6 heteroatoms. The number of hydrogen-bond donors (Lipinski definition) is 2. The highest BCUT2D eigenvalue weighted by atomic mass is 28.4. The van der Waals surface area contributed by atoms with Gasteiger partial charge in [0.15, 0.2) is 8.32 Å². The van der Waals surface area contributed by atoms with Gasteiger partial charge in [0.25, 0.3) is 0 Å². The molecule has 0 spiro atoms. The SMILES string of the molecule is C[C@@H](O[Si](C)(C)C(C)(C)C)[C@H]1C(=O)N[C@@H]1[C@H]1CCC[C@H](C#N)[C@H]1O. The van der Waals surface area contributed by atoms with E-state index in [0.29, 0.717) is 0 Å². The summed E-state index contributed by atoms with van der Waals surface area (Å²) in [6, 6.07) is 2.13. The van der Waals surface area contributed by atoms with Gasteiger partial charge in [-0.2, -0.15) is 5.26 Å². The van der Waals surface area contributed by atoms with E-state index < -0.39 is 14.4 Å². The second kappa shape index (κ2) is 6.78. The number of carbonyl (C=O) groups is 1. The average Bonchev–Trinajstić information content (AvgIpc) is 2.43. The molecule has 24 heavy (non-hydrogen) atoms. The number of nitrogens with zero attached hydrogens (tertiary/aromatic N) is 1. The van der Waals surface area contributed by atoms with Gasteiger partial charge in [-0.15, -0.1) is 0 Å². The molecule has 0 unspecified atom stereocenters. The third-order valence-corrected chi connectivity index (χ3v) is 10.9. The van der Waals surface area contributed by atoms with Crippen LogP contribution >= 0.6 is 0 Å². The number of aliphatic hydroxyl groups is 1. The molecule has 1 aliphatic carbocycles. The van der Waals surface area contributed by atoms with Gasteiger partial charge in [-0.1, -0.05) is 27.2 Å². The summed E-state index contributed by atoms with van der Waals surface area (Å²) >= 11 is 0. The van der Waals surface area contributed by atoms with Crippen molar-refractivity contribution < 1.29 is 14.3 Å². The summed E-state index contributed by atoms with van der Waals surface area (Å²) in [5.74, 6) is -0.580. The largest absolute Gasteiger partial charge is 0.413 e. The lowest BCUT2D eigenvalue weighted by Crippen LogP contribution is -2.68. The van der Waals surface area contributed by atoms with Crippen molar-refractivity contribution in [3.63, 3.8) is 0 Å². The minimum absolute atomic E-state index is 0.0116. The molecule has 0 bridgehead atoms. The Kier molecular flexibility index (Phi) is 5.48. The highest BCUT2D eigenvalue weighted by Crippen LogP contribution is 2.41. The van der Waals surface area contributed by atoms with E-state index in [1.807, 2.05) is 6.92 Å². The van der Waals surface area contributed by atoms with Crippen molar-refractivity contribution in [2.45, 2.75) is 83.3 Å². The number of carbonyl (C=O) groups excluding carboxylic acids is 1. The summed E-state index contributed by atoms with van der Waals surface area (Å²) in [7, 11) is -1.95. The van der Waals surface area contributed by atoms with E-state index in [4.69, 9.17) is 4.43 Å². The molecule has 1 heterocycles. The lowest BCUT2D eigenvalue weighted by molar-refractivity contribution is -0.146. The second-order valence-electron chi connectivity index (χ2n) is 8.96. The maximum Gasteiger partial charge on any atom is 0.228 e. The quantitative estimate of drug-likeness (QED) is 0.602. The molecule has 2 fully saturated rings. The van der Waals surface area contributed by atoms with Gasteiger partial charge < -0.3 is 14.8 Å².